The Bertz CT molecular complexity index is 719. The highest BCUT2D eigenvalue weighted by Crippen LogP contribution is 2.16. The van der Waals surface area contributed by atoms with Crippen LogP contribution in [0.25, 0.3) is 0 Å². The summed E-state index contributed by atoms with van der Waals surface area (Å²) in [4.78, 5) is 28.1. The number of anilines is 2. The number of nitrogens with zero attached hydrogens (tertiary/aromatic N) is 2. The molecule has 0 aliphatic carbocycles. The van der Waals surface area contributed by atoms with E-state index in [1.54, 1.807) is 24.3 Å². The van der Waals surface area contributed by atoms with Gasteiger partial charge < -0.3 is 26.0 Å². The molecule has 1 aromatic carbocycles. The van der Waals surface area contributed by atoms with E-state index in [0.717, 1.165) is 13.1 Å². The van der Waals surface area contributed by atoms with Gasteiger partial charge in [0.25, 0.3) is 0 Å². The molecule has 28 heavy (non-hydrogen) atoms. The number of thiocarbonyl (C=S) groups is 1. The maximum absolute atomic E-state index is 12.4. The smallest absolute Gasteiger partial charge is 0.321 e. The Kier molecular flexibility index (Phi) is 8.37. The molecule has 4 N–H and O–H groups in total. The molecule has 1 saturated heterocycles. The molecule has 1 unspecified atom stereocenters. The fourth-order valence-corrected chi connectivity index (χ4v) is 3.11. The lowest BCUT2D eigenvalue weighted by Crippen LogP contribution is -2.52. The van der Waals surface area contributed by atoms with E-state index in [4.69, 9.17) is 12.2 Å². The Labute approximate surface area is 170 Å². The predicted molar refractivity (Wildman–Crippen MR) is 115 cm³/mol. The van der Waals surface area contributed by atoms with E-state index in [2.05, 4.69) is 27.4 Å². The molecule has 1 heterocycles. The van der Waals surface area contributed by atoms with Crippen molar-refractivity contribution in [2.75, 3.05) is 50.4 Å². The molecule has 9 heteroatoms. The van der Waals surface area contributed by atoms with Crippen molar-refractivity contribution < 1.29 is 14.7 Å². The molecule has 0 saturated carbocycles. The fourth-order valence-electron chi connectivity index (χ4n) is 2.91. The number of aliphatic carboxylic acids is 1. The van der Waals surface area contributed by atoms with Gasteiger partial charge in [0.15, 0.2) is 5.11 Å². The van der Waals surface area contributed by atoms with E-state index >= 15 is 0 Å². The zero-order chi connectivity index (χ0) is 20.5. The highest BCUT2D eigenvalue weighted by molar-refractivity contribution is 7.80. The summed E-state index contributed by atoms with van der Waals surface area (Å²) in [5.41, 5.74) is 1.29. The molecule has 8 nitrogen and oxygen atoms in total. The first kappa shape index (κ1) is 21.8. The van der Waals surface area contributed by atoms with Crippen molar-refractivity contribution in [1.29, 1.82) is 0 Å². The topological polar surface area (TPSA) is 96.9 Å². The maximum Gasteiger partial charge on any atom is 0.321 e. The van der Waals surface area contributed by atoms with Gasteiger partial charge in [-0.3, -0.25) is 14.5 Å². The summed E-state index contributed by atoms with van der Waals surface area (Å²) in [7, 11) is 2.00. The highest BCUT2D eigenvalue weighted by atomic mass is 32.1. The molecule has 152 valence electrons. The highest BCUT2D eigenvalue weighted by Gasteiger charge is 2.30. The van der Waals surface area contributed by atoms with Crippen LogP contribution in [-0.4, -0.2) is 77.7 Å². The van der Waals surface area contributed by atoms with E-state index in [-0.39, 0.29) is 12.3 Å². The van der Waals surface area contributed by atoms with Crippen LogP contribution in [0.4, 0.5) is 11.4 Å². The zero-order valence-corrected chi connectivity index (χ0v) is 16.8. The van der Waals surface area contributed by atoms with Crippen LogP contribution in [0.3, 0.4) is 0 Å². The number of rotatable bonds is 8. The summed E-state index contributed by atoms with van der Waals surface area (Å²) in [6, 6.07) is 6.26. The molecule has 1 aliphatic rings. The molecule has 0 aromatic heterocycles. The minimum absolute atomic E-state index is 0.101. The average molecular weight is 406 g/mol. The second-order valence-corrected chi connectivity index (χ2v) is 7.06. The normalized spacial score (nSPS) is 16.0. The van der Waals surface area contributed by atoms with E-state index in [9.17, 15) is 14.7 Å². The van der Waals surface area contributed by atoms with Gasteiger partial charge in [0, 0.05) is 44.1 Å². The minimum atomic E-state index is -0.978. The largest absolute Gasteiger partial charge is 0.480 e. The summed E-state index contributed by atoms with van der Waals surface area (Å²) >= 11 is 5.17. The average Bonchev–Trinajstić information content (AvgIpc) is 2.65. The number of hydrogen-bond donors (Lipinski definition) is 4. The predicted octanol–water partition coefficient (Wildman–Crippen LogP) is 1.19. The zero-order valence-electron chi connectivity index (χ0n) is 16.0. The molecule has 2 rings (SSSR count). The van der Waals surface area contributed by atoms with Crippen LogP contribution in [0, 0.1) is 0 Å². The second kappa shape index (κ2) is 10.7. The van der Waals surface area contributed by atoms with Crippen molar-refractivity contribution in [3.63, 3.8) is 0 Å². The maximum atomic E-state index is 12.4. The van der Waals surface area contributed by atoms with Crippen LogP contribution in [0.2, 0.25) is 0 Å². The van der Waals surface area contributed by atoms with Gasteiger partial charge in [0.1, 0.15) is 6.04 Å². The molecule has 1 atom stereocenters. The third-order valence-electron chi connectivity index (χ3n) is 4.45. The number of piperazine rings is 1. The van der Waals surface area contributed by atoms with Gasteiger partial charge in [-0.1, -0.05) is 12.1 Å². The minimum Gasteiger partial charge on any atom is -0.480 e. The third kappa shape index (κ3) is 6.91. The van der Waals surface area contributed by atoms with Crippen molar-refractivity contribution >= 4 is 40.6 Å². The van der Waals surface area contributed by atoms with Crippen LogP contribution in [0.5, 0.6) is 0 Å². The van der Waals surface area contributed by atoms with Crippen molar-refractivity contribution in [3.8, 4) is 0 Å². The first-order chi connectivity index (χ1) is 13.4. The van der Waals surface area contributed by atoms with Crippen molar-refractivity contribution in [2.45, 2.75) is 12.5 Å². The second-order valence-electron chi connectivity index (χ2n) is 6.65. The van der Waals surface area contributed by atoms with Gasteiger partial charge in [-0.05, 0) is 37.5 Å². The molecule has 1 aromatic rings. The summed E-state index contributed by atoms with van der Waals surface area (Å²) in [5.74, 6) is -1.32. The number of carbonyl (C=O) groups is 2. The van der Waals surface area contributed by atoms with Gasteiger partial charge in [0.2, 0.25) is 5.91 Å². The van der Waals surface area contributed by atoms with Crippen molar-refractivity contribution in [3.05, 3.63) is 36.9 Å². The molecule has 0 spiro atoms. The molecule has 0 bridgehead atoms. The Morgan fingerprint density at radius 2 is 1.89 bits per heavy atom. The number of nitrogens with one attached hydrogen (secondary N) is 3. The van der Waals surface area contributed by atoms with Gasteiger partial charge >= 0.3 is 5.97 Å². The van der Waals surface area contributed by atoms with Crippen LogP contribution in [-0.2, 0) is 9.59 Å². The monoisotopic (exact) mass is 405 g/mol. The first-order valence-electron chi connectivity index (χ1n) is 9.10. The number of carbonyl (C=O) groups excluding carboxylic acids is 1. The Morgan fingerprint density at radius 3 is 2.50 bits per heavy atom. The number of carboxylic acids is 1. The molecule has 1 amide bonds. The summed E-state index contributed by atoms with van der Waals surface area (Å²) < 4.78 is 0. The molecule has 0 radical (unpaired) electrons. The Hall–Kier alpha value is -2.49. The lowest BCUT2D eigenvalue weighted by molar-refractivity contribution is -0.145. The SMILES string of the molecule is C=CCNC(=S)Nc1cccc(NC(=O)CC(C(=O)O)N2CCN(C)CC2)c1. The van der Waals surface area contributed by atoms with E-state index in [0.29, 0.717) is 36.1 Å². The summed E-state index contributed by atoms with van der Waals surface area (Å²) in [5, 5.41) is 18.7. The standard InChI is InChI=1S/C19H27N5O3S/c1-3-7-20-19(28)22-15-6-4-5-14(12-15)21-17(25)13-16(18(26)27)24-10-8-23(2)9-11-24/h3-6,12,16H,1,7-11,13H2,2H3,(H,21,25)(H,26,27)(H2,20,22,28). The summed E-state index contributed by atoms with van der Waals surface area (Å²) in [6.07, 6.45) is 1.60. The van der Waals surface area contributed by atoms with Gasteiger partial charge in [-0.15, -0.1) is 6.58 Å². The number of amides is 1. The number of likely N-dealkylation sites (N-methyl/N-ethyl adjacent to an activating group) is 1. The number of benzene rings is 1. The van der Waals surface area contributed by atoms with Gasteiger partial charge in [-0.25, -0.2) is 0 Å². The van der Waals surface area contributed by atoms with Crippen molar-refractivity contribution in [2.24, 2.45) is 0 Å². The molecular weight excluding hydrogens is 378 g/mol. The number of carboxylic acid groups (broad SMARTS) is 1. The fraction of sp³-hybridized carbons (Fsp3) is 0.421. The lowest BCUT2D eigenvalue weighted by atomic mass is 10.1. The van der Waals surface area contributed by atoms with Crippen LogP contribution >= 0.6 is 12.2 Å². The lowest BCUT2D eigenvalue weighted by Gasteiger charge is -2.35. The van der Waals surface area contributed by atoms with E-state index in [1.165, 1.54) is 0 Å². The summed E-state index contributed by atoms with van der Waals surface area (Å²) in [6.45, 7) is 7.01. The van der Waals surface area contributed by atoms with E-state index < -0.39 is 12.0 Å². The van der Waals surface area contributed by atoms with Gasteiger partial charge in [0.05, 0.1) is 6.42 Å². The molecule has 1 fully saturated rings. The Balaban J connectivity index is 1.93. The molecule has 1 aliphatic heterocycles. The van der Waals surface area contributed by atoms with Gasteiger partial charge in [-0.2, -0.15) is 0 Å². The number of hydrogen-bond acceptors (Lipinski definition) is 5. The van der Waals surface area contributed by atoms with E-state index in [1.807, 2.05) is 18.0 Å². The Morgan fingerprint density at radius 1 is 1.25 bits per heavy atom. The van der Waals surface area contributed by atoms with Crippen LogP contribution in [0.1, 0.15) is 6.42 Å². The van der Waals surface area contributed by atoms with Crippen LogP contribution in [0.15, 0.2) is 36.9 Å². The van der Waals surface area contributed by atoms with Crippen LogP contribution < -0.4 is 16.0 Å². The third-order valence-corrected chi connectivity index (χ3v) is 4.70. The molecular formula is C19H27N5O3S. The quantitative estimate of drug-likeness (QED) is 0.378. The van der Waals surface area contributed by atoms with Crippen molar-refractivity contribution in [1.82, 2.24) is 15.1 Å². The first-order valence-corrected chi connectivity index (χ1v) is 9.51.